The summed E-state index contributed by atoms with van der Waals surface area (Å²) in [7, 11) is 3.15. The average Bonchev–Trinajstić information content (AvgIpc) is 3.57. The van der Waals surface area contributed by atoms with Crippen molar-refractivity contribution >= 4 is 18.0 Å². The van der Waals surface area contributed by atoms with Gasteiger partial charge in [0.15, 0.2) is 5.69 Å². The number of ether oxygens (including phenoxy) is 2. The average molecular weight is 508 g/mol. The van der Waals surface area contributed by atoms with Crippen LogP contribution in [0.1, 0.15) is 54.2 Å². The van der Waals surface area contributed by atoms with Crippen molar-refractivity contribution in [3.63, 3.8) is 0 Å². The van der Waals surface area contributed by atoms with E-state index in [0.717, 1.165) is 25.7 Å². The van der Waals surface area contributed by atoms with Crippen molar-refractivity contribution < 1.29 is 28.6 Å². The predicted octanol–water partition coefficient (Wildman–Crippen LogP) is 5.11. The second kappa shape index (κ2) is 11.7. The number of halogens is 1. The number of methoxy groups -OCH3 is 2. The van der Waals surface area contributed by atoms with E-state index < -0.39 is 17.9 Å². The lowest BCUT2D eigenvalue weighted by Gasteiger charge is -2.18. The number of carboxylic acids is 1. The lowest BCUT2D eigenvalue weighted by atomic mass is 10.1. The molecule has 1 aliphatic carbocycles. The maximum Gasteiger partial charge on any atom is 0.305 e. The van der Waals surface area contributed by atoms with Crippen LogP contribution in [0.4, 0.5) is 4.39 Å². The Bertz CT molecular complexity index is 1260. The van der Waals surface area contributed by atoms with Gasteiger partial charge in [-0.15, -0.1) is 0 Å². The minimum Gasteiger partial charge on any atom is -0.496 e. The summed E-state index contributed by atoms with van der Waals surface area (Å²) in [4.78, 5) is 24.7. The second-order valence-electron chi connectivity index (χ2n) is 8.92. The van der Waals surface area contributed by atoms with Crippen LogP contribution in [0.25, 0.3) is 17.3 Å². The molecule has 0 saturated heterocycles. The van der Waals surface area contributed by atoms with Gasteiger partial charge in [-0.25, -0.2) is 4.39 Å². The topological polar surface area (TPSA) is 103 Å². The van der Waals surface area contributed by atoms with Crippen LogP contribution in [-0.4, -0.2) is 47.0 Å². The number of rotatable bonds is 10. The van der Waals surface area contributed by atoms with Gasteiger partial charge in [-0.3, -0.25) is 14.3 Å². The van der Waals surface area contributed by atoms with Crippen LogP contribution < -0.4 is 14.8 Å². The van der Waals surface area contributed by atoms with Gasteiger partial charge >= 0.3 is 5.97 Å². The third-order valence-electron chi connectivity index (χ3n) is 6.42. The molecule has 0 spiro atoms. The molecule has 1 atom stereocenters. The highest BCUT2D eigenvalue weighted by Crippen LogP contribution is 2.41. The first-order valence-electron chi connectivity index (χ1n) is 12.2. The fourth-order valence-corrected chi connectivity index (χ4v) is 4.62. The predicted molar refractivity (Wildman–Crippen MR) is 137 cm³/mol. The fourth-order valence-electron chi connectivity index (χ4n) is 4.62. The van der Waals surface area contributed by atoms with Crippen molar-refractivity contribution in [3.8, 4) is 22.8 Å². The van der Waals surface area contributed by atoms with Gasteiger partial charge in [0.1, 0.15) is 17.3 Å². The van der Waals surface area contributed by atoms with Gasteiger partial charge in [0.25, 0.3) is 5.91 Å². The van der Waals surface area contributed by atoms with E-state index >= 15 is 0 Å². The molecule has 1 saturated carbocycles. The Morgan fingerprint density at radius 2 is 1.78 bits per heavy atom. The fraction of sp³-hybridized carbons (Fsp3) is 0.321. The number of aromatic nitrogens is 2. The molecule has 1 fully saturated rings. The summed E-state index contributed by atoms with van der Waals surface area (Å²) in [6.45, 7) is 0. The van der Waals surface area contributed by atoms with E-state index in [1.807, 2.05) is 22.9 Å². The van der Waals surface area contributed by atoms with Crippen molar-refractivity contribution in [2.24, 2.45) is 0 Å². The van der Waals surface area contributed by atoms with Crippen LogP contribution in [-0.2, 0) is 4.79 Å². The standard InChI is InChI=1S/C28H30FN3O5/c1-36-24-8-5-9-25(37-2)27(24)23-17-22(31-32(23)21-6-3-4-7-21)28(35)30-20(16-26(33)34)15-12-18-10-13-19(29)14-11-18/h5,8-15,17,20-21H,3-4,6-7,16H2,1-2H3,(H,30,35)(H,33,34). The SMILES string of the molecule is COc1cccc(OC)c1-c1cc(C(=O)NC(C=Cc2ccc(F)cc2)CC(=O)O)nn1C1CCCC1. The smallest absolute Gasteiger partial charge is 0.305 e. The zero-order chi connectivity index (χ0) is 26.4. The monoisotopic (exact) mass is 507 g/mol. The van der Waals surface area contributed by atoms with Crippen molar-refractivity contribution in [1.82, 2.24) is 15.1 Å². The molecule has 3 aromatic rings. The minimum atomic E-state index is -1.06. The van der Waals surface area contributed by atoms with Crippen LogP contribution in [0.5, 0.6) is 11.5 Å². The number of nitrogens with zero attached hydrogens (tertiary/aromatic N) is 2. The van der Waals surface area contributed by atoms with E-state index in [1.165, 1.54) is 12.1 Å². The molecule has 0 aliphatic heterocycles. The molecule has 0 bridgehead atoms. The van der Waals surface area contributed by atoms with Crippen LogP contribution >= 0.6 is 0 Å². The molecule has 2 aromatic carbocycles. The number of carbonyl (C=O) groups excluding carboxylic acids is 1. The number of hydrogen-bond acceptors (Lipinski definition) is 5. The van der Waals surface area contributed by atoms with E-state index in [1.54, 1.807) is 44.6 Å². The molecule has 1 heterocycles. The third kappa shape index (κ3) is 6.17. The van der Waals surface area contributed by atoms with Gasteiger partial charge in [-0.2, -0.15) is 5.10 Å². The number of benzene rings is 2. The van der Waals surface area contributed by atoms with E-state index in [4.69, 9.17) is 9.47 Å². The van der Waals surface area contributed by atoms with Crippen molar-refractivity contribution in [2.45, 2.75) is 44.2 Å². The maximum atomic E-state index is 13.3. The molecule has 1 amide bonds. The Balaban J connectivity index is 1.66. The molecular weight excluding hydrogens is 477 g/mol. The van der Waals surface area contributed by atoms with Crippen molar-refractivity contribution in [3.05, 3.63) is 71.7 Å². The number of nitrogens with one attached hydrogen (secondary N) is 1. The Kier molecular flexibility index (Phi) is 8.22. The van der Waals surface area contributed by atoms with Crippen molar-refractivity contribution in [2.75, 3.05) is 14.2 Å². The third-order valence-corrected chi connectivity index (χ3v) is 6.42. The van der Waals surface area contributed by atoms with Gasteiger partial charge in [0, 0.05) is 0 Å². The van der Waals surface area contributed by atoms with Gasteiger partial charge in [-0.1, -0.05) is 43.2 Å². The normalized spacial score (nSPS) is 14.6. The van der Waals surface area contributed by atoms with E-state index in [2.05, 4.69) is 10.4 Å². The first kappa shape index (κ1) is 25.9. The largest absolute Gasteiger partial charge is 0.496 e. The molecule has 37 heavy (non-hydrogen) atoms. The van der Waals surface area contributed by atoms with Crippen LogP contribution in [0.3, 0.4) is 0 Å². The van der Waals surface area contributed by atoms with E-state index in [9.17, 15) is 19.1 Å². The summed E-state index contributed by atoms with van der Waals surface area (Å²) in [5.41, 5.74) is 2.25. The zero-order valence-electron chi connectivity index (χ0n) is 20.8. The molecular formula is C28H30FN3O5. The second-order valence-corrected chi connectivity index (χ2v) is 8.92. The lowest BCUT2D eigenvalue weighted by Crippen LogP contribution is -2.35. The van der Waals surface area contributed by atoms with Crippen molar-refractivity contribution in [1.29, 1.82) is 0 Å². The quantitative estimate of drug-likeness (QED) is 0.396. The summed E-state index contributed by atoms with van der Waals surface area (Å²) in [5, 5.41) is 16.8. The van der Waals surface area contributed by atoms with E-state index in [0.29, 0.717) is 28.3 Å². The molecule has 1 aliphatic rings. The molecule has 194 valence electrons. The molecule has 0 radical (unpaired) electrons. The molecule has 2 N–H and O–H groups in total. The highest BCUT2D eigenvalue weighted by Gasteiger charge is 2.27. The summed E-state index contributed by atoms with van der Waals surface area (Å²) in [6, 6.07) is 12.3. The number of amides is 1. The van der Waals surface area contributed by atoms with Crippen LogP contribution in [0.2, 0.25) is 0 Å². The van der Waals surface area contributed by atoms with Gasteiger partial charge in [0.05, 0.1) is 44.0 Å². The number of carbonyl (C=O) groups is 2. The molecule has 9 heteroatoms. The first-order valence-corrected chi connectivity index (χ1v) is 12.2. The van der Waals surface area contributed by atoms with E-state index in [-0.39, 0.29) is 24.0 Å². The number of hydrogen-bond donors (Lipinski definition) is 2. The Hall–Kier alpha value is -4.14. The Morgan fingerprint density at radius 3 is 2.38 bits per heavy atom. The summed E-state index contributed by atoms with van der Waals surface area (Å²) in [6.07, 6.45) is 6.93. The summed E-state index contributed by atoms with van der Waals surface area (Å²) >= 11 is 0. The first-order chi connectivity index (χ1) is 17.9. The minimum absolute atomic E-state index is 0.124. The molecule has 1 unspecified atom stereocenters. The Morgan fingerprint density at radius 1 is 1.14 bits per heavy atom. The van der Waals surface area contributed by atoms with Gasteiger partial charge < -0.3 is 19.9 Å². The van der Waals surface area contributed by atoms with Gasteiger partial charge in [-0.05, 0) is 48.7 Å². The summed E-state index contributed by atoms with van der Waals surface area (Å²) in [5.74, 6) is -0.743. The maximum absolute atomic E-state index is 13.3. The van der Waals surface area contributed by atoms with Crippen LogP contribution in [0.15, 0.2) is 54.6 Å². The molecule has 1 aromatic heterocycles. The Labute approximate surface area is 214 Å². The van der Waals surface area contributed by atoms with Gasteiger partial charge in [0.2, 0.25) is 0 Å². The molecule has 4 rings (SSSR count). The lowest BCUT2D eigenvalue weighted by molar-refractivity contribution is -0.137. The highest BCUT2D eigenvalue weighted by molar-refractivity contribution is 5.94. The van der Waals surface area contributed by atoms with Crippen LogP contribution in [0, 0.1) is 5.82 Å². The highest BCUT2D eigenvalue weighted by atomic mass is 19.1. The molecule has 8 nitrogen and oxygen atoms in total. The number of carboxylic acid groups (broad SMARTS) is 1. The summed E-state index contributed by atoms with van der Waals surface area (Å²) < 4.78 is 26.3. The zero-order valence-corrected chi connectivity index (χ0v) is 20.8. The number of aliphatic carboxylic acids is 1.